The van der Waals surface area contributed by atoms with E-state index in [1.807, 2.05) is 30.3 Å². The van der Waals surface area contributed by atoms with Crippen LogP contribution >= 0.6 is 0 Å². The molecule has 0 bridgehead atoms. The lowest BCUT2D eigenvalue weighted by atomic mass is 10.2. The predicted octanol–water partition coefficient (Wildman–Crippen LogP) is 0.996. The van der Waals surface area contributed by atoms with Crippen molar-refractivity contribution in [2.75, 3.05) is 19.8 Å². The molecule has 0 spiro atoms. The highest BCUT2D eigenvalue weighted by atomic mass is 16.5. The van der Waals surface area contributed by atoms with Gasteiger partial charge in [0.05, 0.1) is 12.6 Å². The Morgan fingerprint density at radius 1 is 1.28 bits per heavy atom. The molecule has 0 radical (unpaired) electrons. The van der Waals surface area contributed by atoms with Crippen LogP contribution in [0.25, 0.3) is 0 Å². The molecular weight excluding hydrogens is 232 g/mol. The van der Waals surface area contributed by atoms with E-state index in [9.17, 15) is 4.79 Å². The van der Waals surface area contributed by atoms with Gasteiger partial charge in [-0.05, 0) is 18.6 Å². The average Bonchev–Trinajstić information content (AvgIpc) is 2.94. The summed E-state index contributed by atoms with van der Waals surface area (Å²) in [6, 6.07) is 9.64. The van der Waals surface area contributed by atoms with Crippen molar-refractivity contribution < 1.29 is 14.3 Å². The minimum atomic E-state index is -0.106. The predicted molar refractivity (Wildman–Crippen MR) is 65.0 cm³/mol. The van der Waals surface area contributed by atoms with Crippen LogP contribution in [0.3, 0.4) is 0 Å². The summed E-state index contributed by atoms with van der Waals surface area (Å²) in [4.78, 5) is 11.8. The van der Waals surface area contributed by atoms with Crippen LogP contribution in [0.1, 0.15) is 12.0 Å². The monoisotopic (exact) mass is 246 g/mol. The molecule has 0 N–H and O–H groups in total. The fourth-order valence-electron chi connectivity index (χ4n) is 2.10. The summed E-state index contributed by atoms with van der Waals surface area (Å²) in [5.41, 5.74) is 0.883. The quantitative estimate of drug-likeness (QED) is 0.782. The molecule has 1 fully saturated rings. The van der Waals surface area contributed by atoms with Crippen LogP contribution in [-0.2, 0) is 14.3 Å². The van der Waals surface area contributed by atoms with Crippen molar-refractivity contribution in [2.45, 2.75) is 12.5 Å². The Kier molecular flexibility index (Phi) is 2.98. The lowest BCUT2D eigenvalue weighted by molar-refractivity contribution is -0.138. The van der Waals surface area contributed by atoms with Crippen molar-refractivity contribution in [3.63, 3.8) is 0 Å². The summed E-state index contributed by atoms with van der Waals surface area (Å²) in [7, 11) is 0. The summed E-state index contributed by atoms with van der Waals surface area (Å²) in [5, 5.41) is 5.83. The van der Waals surface area contributed by atoms with E-state index in [1.165, 1.54) is 5.01 Å². The first-order valence-corrected chi connectivity index (χ1v) is 6.01. The van der Waals surface area contributed by atoms with Gasteiger partial charge in [-0.15, -0.1) is 5.10 Å². The Balaban J connectivity index is 1.87. The van der Waals surface area contributed by atoms with Crippen LogP contribution in [0.5, 0.6) is 0 Å². The van der Waals surface area contributed by atoms with Gasteiger partial charge >= 0.3 is 0 Å². The van der Waals surface area contributed by atoms with Gasteiger partial charge in [0, 0.05) is 12.2 Å². The molecule has 0 saturated carbocycles. The molecule has 1 aromatic rings. The van der Waals surface area contributed by atoms with E-state index in [2.05, 4.69) is 5.10 Å². The Bertz CT molecular complexity index is 466. The first-order chi connectivity index (χ1) is 8.84. The molecule has 0 aliphatic carbocycles. The standard InChI is InChI=1S/C13H14N2O3/c16-12-9-18-13(10-4-2-1-3-5-10)14-15(12)11-6-7-17-8-11/h1-5,11H,6-9H2. The third kappa shape index (κ3) is 2.09. The molecule has 5 nitrogen and oxygen atoms in total. The molecule has 1 aromatic carbocycles. The fraction of sp³-hybridized carbons (Fsp3) is 0.385. The highest BCUT2D eigenvalue weighted by Crippen LogP contribution is 2.17. The molecule has 2 aliphatic heterocycles. The van der Waals surface area contributed by atoms with Crippen molar-refractivity contribution in [1.29, 1.82) is 0 Å². The average molecular weight is 246 g/mol. The second kappa shape index (κ2) is 4.78. The normalized spacial score (nSPS) is 23.8. The van der Waals surface area contributed by atoms with Crippen molar-refractivity contribution in [3.05, 3.63) is 35.9 Å². The molecule has 1 atom stereocenters. The molecule has 3 rings (SSSR count). The first kappa shape index (κ1) is 11.2. The highest BCUT2D eigenvalue weighted by molar-refractivity contribution is 5.98. The SMILES string of the molecule is O=C1COC(c2ccccc2)=NN1C1CCOC1. The number of hydrazone groups is 1. The van der Waals surface area contributed by atoms with Crippen LogP contribution in [0, 0.1) is 0 Å². The maximum atomic E-state index is 11.8. The number of hydrogen-bond acceptors (Lipinski definition) is 4. The molecule has 18 heavy (non-hydrogen) atoms. The van der Waals surface area contributed by atoms with E-state index in [0.29, 0.717) is 19.1 Å². The molecule has 5 heteroatoms. The van der Waals surface area contributed by atoms with E-state index < -0.39 is 0 Å². The molecule has 1 unspecified atom stereocenters. The van der Waals surface area contributed by atoms with Gasteiger partial charge in [-0.2, -0.15) is 0 Å². The number of hydrogen-bond donors (Lipinski definition) is 0. The van der Waals surface area contributed by atoms with Crippen molar-refractivity contribution >= 4 is 11.8 Å². The summed E-state index contributed by atoms with van der Waals surface area (Å²) in [6.07, 6.45) is 0.831. The molecule has 94 valence electrons. The zero-order chi connectivity index (χ0) is 12.4. The third-order valence-electron chi connectivity index (χ3n) is 3.06. The van der Waals surface area contributed by atoms with Crippen molar-refractivity contribution in [2.24, 2.45) is 5.10 Å². The topological polar surface area (TPSA) is 51.1 Å². The van der Waals surface area contributed by atoms with Crippen LogP contribution in [0.2, 0.25) is 0 Å². The Morgan fingerprint density at radius 3 is 2.83 bits per heavy atom. The first-order valence-electron chi connectivity index (χ1n) is 6.01. The minimum Gasteiger partial charge on any atom is -0.466 e. The zero-order valence-electron chi connectivity index (χ0n) is 9.91. The lowest BCUT2D eigenvalue weighted by Gasteiger charge is -2.27. The zero-order valence-corrected chi connectivity index (χ0v) is 9.91. The van der Waals surface area contributed by atoms with Gasteiger partial charge in [0.1, 0.15) is 0 Å². The van der Waals surface area contributed by atoms with Gasteiger partial charge in [-0.3, -0.25) is 4.79 Å². The van der Waals surface area contributed by atoms with Crippen LogP contribution < -0.4 is 0 Å². The smallest absolute Gasteiger partial charge is 0.281 e. The maximum Gasteiger partial charge on any atom is 0.281 e. The third-order valence-corrected chi connectivity index (χ3v) is 3.06. The van der Waals surface area contributed by atoms with Crippen molar-refractivity contribution in [1.82, 2.24) is 5.01 Å². The lowest BCUT2D eigenvalue weighted by Crippen LogP contribution is -2.43. The summed E-state index contributed by atoms with van der Waals surface area (Å²) in [5.74, 6) is 0.396. The van der Waals surface area contributed by atoms with E-state index in [4.69, 9.17) is 9.47 Å². The maximum absolute atomic E-state index is 11.8. The molecule has 2 heterocycles. The van der Waals surface area contributed by atoms with Gasteiger partial charge in [0.25, 0.3) is 5.91 Å². The second-order valence-electron chi connectivity index (χ2n) is 4.32. The largest absolute Gasteiger partial charge is 0.466 e. The number of carbonyl (C=O) groups excluding carboxylic acids is 1. The van der Waals surface area contributed by atoms with E-state index in [-0.39, 0.29) is 18.6 Å². The van der Waals surface area contributed by atoms with E-state index >= 15 is 0 Å². The van der Waals surface area contributed by atoms with Gasteiger partial charge in [-0.1, -0.05) is 18.2 Å². The highest BCUT2D eigenvalue weighted by Gasteiger charge is 2.31. The number of carbonyl (C=O) groups is 1. The van der Waals surface area contributed by atoms with E-state index in [0.717, 1.165) is 12.0 Å². The summed E-state index contributed by atoms with van der Waals surface area (Å²) >= 11 is 0. The number of nitrogens with zero attached hydrogens (tertiary/aromatic N) is 2. The molecule has 0 aromatic heterocycles. The molecule has 2 aliphatic rings. The van der Waals surface area contributed by atoms with Crippen LogP contribution in [0.15, 0.2) is 35.4 Å². The summed E-state index contributed by atoms with van der Waals surface area (Å²) < 4.78 is 10.7. The van der Waals surface area contributed by atoms with E-state index in [1.54, 1.807) is 0 Å². The summed E-state index contributed by atoms with van der Waals surface area (Å²) in [6.45, 7) is 1.28. The fourth-order valence-corrected chi connectivity index (χ4v) is 2.10. The number of amides is 1. The molecular formula is C13H14N2O3. The van der Waals surface area contributed by atoms with Gasteiger partial charge in [0.15, 0.2) is 6.61 Å². The molecule has 1 saturated heterocycles. The Morgan fingerprint density at radius 2 is 2.11 bits per heavy atom. The van der Waals surface area contributed by atoms with Gasteiger partial charge in [0.2, 0.25) is 5.90 Å². The molecule has 1 amide bonds. The van der Waals surface area contributed by atoms with Gasteiger partial charge < -0.3 is 9.47 Å². The number of rotatable bonds is 2. The number of benzene rings is 1. The van der Waals surface area contributed by atoms with Gasteiger partial charge in [-0.25, -0.2) is 5.01 Å². The van der Waals surface area contributed by atoms with Crippen LogP contribution in [-0.4, -0.2) is 42.7 Å². The Hall–Kier alpha value is -1.88. The van der Waals surface area contributed by atoms with Crippen molar-refractivity contribution in [3.8, 4) is 0 Å². The number of ether oxygens (including phenoxy) is 2. The Labute approximate surface area is 105 Å². The second-order valence-corrected chi connectivity index (χ2v) is 4.32. The van der Waals surface area contributed by atoms with Crippen LogP contribution in [0.4, 0.5) is 0 Å². The minimum absolute atomic E-state index is 0.0418.